The molecule has 0 atom stereocenters. The summed E-state index contributed by atoms with van der Waals surface area (Å²) in [6.07, 6.45) is 2.40. The van der Waals surface area contributed by atoms with Crippen molar-refractivity contribution in [2.75, 3.05) is 33.3 Å². The first-order valence-electron chi connectivity index (χ1n) is 7.33. The van der Waals surface area contributed by atoms with Crippen LogP contribution in [0.4, 0.5) is 0 Å². The van der Waals surface area contributed by atoms with Crippen molar-refractivity contribution in [3.8, 4) is 5.75 Å². The number of nitrogens with one attached hydrogen (secondary N) is 1. The SMILES string of the molecule is COc1cccc(C)c1CCCC(=O)N1CCNCC1. The van der Waals surface area contributed by atoms with Gasteiger partial charge in [-0.15, -0.1) is 0 Å². The monoisotopic (exact) mass is 276 g/mol. The van der Waals surface area contributed by atoms with Gasteiger partial charge in [0.15, 0.2) is 0 Å². The second-order valence-corrected chi connectivity index (χ2v) is 5.24. The molecule has 0 aromatic heterocycles. The van der Waals surface area contributed by atoms with E-state index < -0.39 is 0 Å². The molecule has 2 rings (SSSR count). The number of methoxy groups -OCH3 is 1. The summed E-state index contributed by atoms with van der Waals surface area (Å²) in [5.74, 6) is 1.21. The van der Waals surface area contributed by atoms with Gasteiger partial charge >= 0.3 is 0 Å². The fourth-order valence-corrected chi connectivity index (χ4v) is 2.68. The molecule has 110 valence electrons. The van der Waals surface area contributed by atoms with Gasteiger partial charge in [0, 0.05) is 32.6 Å². The second-order valence-electron chi connectivity index (χ2n) is 5.24. The van der Waals surface area contributed by atoms with Crippen LogP contribution in [0.5, 0.6) is 5.75 Å². The van der Waals surface area contributed by atoms with Crippen molar-refractivity contribution in [2.24, 2.45) is 0 Å². The molecule has 20 heavy (non-hydrogen) atoms. The summed E-state index contributed by atoms with van der Waals surface area (Å²) < 4.78 is 5.40. The van der Waals surface area contributed by atoms with Crippen molar-refractivity contribution in [1.29, 1.82) is 0 Å². The van der Waals surface area contributed by atoms with Crippen LogP contribution in [-0.4, -0.2) is 44.1 Å². The number of aryl methyl sites for hydroxylation is 1. The summed E-state index contributed by atoms with van der Waals surface area (Å²) in [7, 11) is 1.70. The van der Waals surface area contributed by atoms with Gasteiger partial charge in [0.2, 0.25) is 5.91 Å². The smallest absolute Gasteiger partial charge is 0.222 e. The maximum atomic E-state index is 12.1. The topological polar surface area (TPSA) is 41.6 Å². The first-order chi connectivity index (χ1) is 9.72. The Morgan fingerprint density at radius 2 is 2.10 bits per heavy atom. The normalized spacial score (nSPS) is 15.2. The number of hydrogen-bond donors (Lipinski definition) is 1. The van der Waals surface area contributed by atoms with Crippen molar-refractivity contribution in [3.05, 3.63) is 29.3 Å². The van der Waals surface area contributed by atoms with Crippen molar-refractivity contribution in [3.63, 3.8) is 0 Å². The Kier molecular flexibility index (Phi) is 5.41. The predicted molar refractivity (Wildman–Crippen MR) is 80.1 cm³/mol. The van der Waals surface area contributed by atoms with E-state index >= 15 is 0 Å². The van der Waals surface area contributed by atoms with Crippen LogP contribution in [0, 0.1) is 6.92 Å². The molecule has 1 N–H and O–H groups in total. The van der Waals surface area contributed by atoms with Gasteiger partial charge in [-0.2, -0.15) is 0 Å². The number of carbonyl (C=O) groups excluding carboxylic acids is 1. The number of benzene rings is 1. The molecule has 1 aliphatic heterocycles. The number of amides is 1. The first kappa shape index (κ1) is 14.9. The van der Waals surface area contributed by atoms with Gasteiger partial charge in [-0.3, -0.25) is 4.79 Å². The Balaban J connectivity index is 1.85. The summed E-state index contributed by atoms with van der Waals surface area (Å²) in [5.41, 5.74) is 2.46. The average molecular weight is 276 g/mol. The highest BCUT2D eigenvalue weighted by molar-refractivity contribution is 5.76. The summed E-state index contributed by atoms with van der Waals surface area (Å²) >= 11 is 0. The lowest BCUT2D eigenvalue weighted by Gasteiger charge is -2.27. The van der Waals surface area contributed by atoms with Gasteiger partial charge < -0.3 is 15.0 Å². The number of nitrogens with zero attached hydrogens (tertiary/aromatic N) is 1. The Labute approximate surface area is 121 Å². The van der Waals surface area contributed by atoms with Crippen LogP contribution in [0.25, 0.3) is 0 Å². The van der Waals surface area contributed by atoms with Crippen molar-refractivity contribution in [1.82, 2.24) is 10.2 Å². The minimum Gasteiger partial charge on any atom is -0.496 e. The summed E-state index contributed by atoms with van der Waals surface area (Å²) in [6.45, 7) is 5.60. The highest BCUT2D eigenvalue weighted by atomic mass is 16.5. The predicted octanol–water partition coefficient (Wildman–Crippen LogP) is 1.76. The zero-order valence-electron chi connectivity index (χ0n) is 12.4. The maximum Gasteiger partial charge on any atom is 0.222 e. The van der Waals surface area contributed by atoms with Gasteiger partial charge in [0.05, 0.1) is 7.11 Å². The van der Waals surface area contributed by atoms with Gasteiger partial charge in [-0.05, 0) is 37.0 Å². The van der Waals surface area contributed by atoms with Crippen LogP contribution in [0.2, 0.25) is 0 Å². The molecule has 1 aliphatic rings. The van der Waals surface area contributed by atoms with Crippen LogP contribution in [0.1, 0.15) is 24.0 Å². The minimum absolute atomic E-state index is 0.277. The van der Waals surface area contributed by atoms with E-state index in [1.807, 2.05) is 17.0 Å². The van der Waals surface area contributed by atoms with Gasteiger partial charge in [-0.1, -0.05) is 12.1 Å². The molecule has 1 saturated heterocycles. The molecular weight excluding hydrogens is 252 g/mol. The van der Waals surface area contributed by atoms with E-state index in [4.69, 9.17) is 4.74 Å². The largest absolute Gasteiger partial charge is 0.496 e. The molecule has 1 heterocycles. The lowest BCUT2D eigenvalue weighted by Crippen LogP contribution is -2.46. The number of rotatable bonds is 5. The van der Waals surface area contributed by atoms with Crippen molar-refractivity contribution >= 4 is 5.91 Å². The zero-order valence-corrected chi connectivity index (χ0v) is 12.4. The maximum absolute atomic E-state index is 12.1. The van der Waals surface area contributed by atoms with Crippen LogP contribution in [-0.2, 0) is 11.2 Å². The number of ether oxygens (including phenoxy) is 1. The van der Waals surface area contributed by atoms with E-state index in [0.717, 1.165) is 44.8 Å². The molecule has 1 amide bonds. The molecule has 4 heteroatoms. The number of piperazine rings is 1. The molecule has 1 fully saturated rings. The molecule has 0 bridgehead atoms. The third-order valence-electron chi connectivity index (χ3n) is 3.87. The lowest BCUT2D eigenvalue weighted by atomic mass is 10.0. The highest BCUT2D eigenvalue weighted by Crippen LogP contribution is 2.23. The quantitative estimate of drug-likeness (QED) is 0.891. The molecule has 1 aromatic carbocycles. The van der Waals surface area contributed by atoms with Gasteiger partial charge in [0.1, 0.15) is 5.75 Å². The molecule has 1 aromatic rings. The molecule has 0 unspecified atom stereocenters. The fourth-order valence-electron chi connectivity index (χ4n) is 2.68. The van der Waals surface area contributed by atoms with Gasteiger partial charge in [0.25, 0.3) is 0 Å². The van der Waals surface area contributed by atoms with Crippen LogP contribution < -0.4 is 10.1 Å². The minimum atomic E-state index is 0.277. The van der Waals surface area contributed by atoms with E-state index in [0.29, 0.717) is 6.42 Å². The summed E-state index contributed by atoms with van der Waals surface area (Å²) in [6, 6.07) is 6.08. The standard InChI is InChI=1S/C16H24N2O2/c1-13-5-3-7-15(20-2)14(13)6-4-8-16(19)18-11-9-17-10-12-18/h3,5,7,17H,4,6,8-12H2,1-2H3. The van der Waals surface area contributed by atoms with Crippen LogP contribution in [0.15, 0.2) is 18.2 Å². The van der Waals surface area contributed by atoms with E-state index in [9.17, 15) is 4.79 Å². The van der Waals surface area contributed by atoms with E-state index in [1.165, 1.54) is 11.1 Å². The Hall–Kier alpha value is -1.55. The second kappa shape index (κ2) is 7.29. The zero-order chi connectivity index (χ0) is 14.4. The first-order valence-corrected chi connectivity index (χ1v) is 7.33. The molecule has 0 saturated carbocycles. The average Bonchev–Trinajstić information content (AvgIpc) is 2.49. The summed E-state index contributed by atoms with van der Waals surface area (Å²) in [5, 5.41) is 3.26. The van der Waals surface area contributed by atoms with Crippen LogP contribution >= 0.6 is 0 Å². The van der Waals surface area contributed by atoms with E-state index in [1.54, 1.807) is 7.11 Å². The summed E-state index contributed by atoms with van der Waals surface area (Å²) in [4.78, 5) is 14.1. The van der Waals surface area contributed by atoms with Crippen LogP contribution in [0.3, 0.4) is 0 Å². The molecule has 4 nitrogen and oxygen atoms in total. The van der Waals surface area contributed by atoms with Crippen molar-refractivity contribution in [2.45, 2.75) is 26.2 Å². The van der Waals surface area contributed by atoms with Crippen molar-refractivity contribution < 1.29 is 9.53 Å². The fraction of sp³-hybridized carbons (Fsp3) is 0.562. The Morgan fingerprint density at radius 1 is 1.35 bits per heavy atom. The molecule has 0 spiro atoms. The molecule has 0 radical (unpaired) electrons. The Bertz CT molecular complexity index is 454. The lowest BCUT2D eigenvalue weighted by molar-refractivity contribution is -0.131. The van der Waals surface area contributed by atoms with E-state index in [2.05, 4.69) is 18.3 Å². The third kappa shape index (κ3) is 3.73. The van der Waals surface area contributed by atoms with Gasteiger partial charge in [-0.25, -0.2) is 0 Å². The Morgan fingerprint density at radius 3 is 2.80 bits per heavy atom. The molecular formula is C16H24N2O2. The van der Waals surface area contributed by atoms with E-state index in [-0.39, 0.29) is 5.91 Å². The number of carbonyl (C=O) groups is 1. The highest BCUT2D eigenvalue weighted by Gasteiger charge is 2.16. The number of hydrogen-bond acceptors (Lipinski definition) is 3. The molecule has 0 aliphatic carbocycles. The third-order valence-corrected chi connectivity index (χ3v) is 3.87.